The van der Waals surface area contributed by atoms with Gasteiger partial charge in [-0.1, -0.05) is 6.08 Å². The summed E-state index contributed by atoms with van der Waals surface area (Å²) in [5.41, 5.74) is 1.44. The van der Waals surface area contributed by atoms with Crippen LogP contribution in [-0.2, 0) is 14.3 Å². The maximum Gasteiger partial charge on any atom is 0.346 e. The zero-order chi connectivity index (χ0) is 9.26. The summed E-state index contributed by atoms with van der Waals surface area (Å²) in [7, 11) is 0. The Morgan fingerprint density at radius 3 is 2.62 bits per heavy atom. The van der Waals surface area contributed by atoms with Crippen LogP contribution in [0.15, 0.2) is 23.3 Å². The Morgan fingerprint density at radius 1 is 1.23 bits per heavy atom. The van der Waals surface area contributed by atoms with E-state index in [1.54, 1.807) is 0 Å². The number of carbonyl (C=O) groups excluding carboxylic acids is 2. The molecule has 0 spiro atoms. The second kappa shape index (κ2) is 3.17. The zero-order valence-electron chi connectivity index (χ0n) is 7.21. The fraction of sp³-hybridized carbons (Fsp3) is 0.400. The van der Waals surface area contributed by atoms with Crippen LogP contribution in [0.5, 0.6) is 0 Å². The van der Waals surface area contributed by atoms with Gasteiger partial charge in [-0.2, -0.15) is 0 Å². The summed E-state index contributed by atoms with van der Waals surface area (Å²) in [4.78, 5) is 21.9. The fourth-order valence-corrected chi connectivity index (χ4v) is 1.66. The molecule has 0 fully saturated rings. The lowest BCUT2D eigenvalue weighted by Gasteiger charge is -2.10. The lowest BCUT2D eigenvalue weighted by molar-refractivity contribution is -0.150. The van der Waals surface area contributed by atoms with E-state index in [4.69, 9.17) is 0 Å². The molecule has 0 aromatic carbocycles. The third-order valence-corrected chi connectivity index (χ3v) is 2.31. The average molecular weight is 178 g/mol. The SMILES string of the molecule is O=C1C=C(C2=CCCCC2)C(=O)O1. The fourth-order valence-electron chi connectivity index (χ4n) is 1.66. The van der Waals surface area contributed by atoms with Crippen LogP contribution in [0.1, 0.15) is 25.7 Å². The molecule has 0 atom stereocenters. The van der Waals surface area contributed by atoms with E-state index >= 15 is 0 Å². The molecule has 0 bridgehead atoms. The van der Waals surface area contributed by atoms with Crippen molar-refractivity contribution in [3.05, 3.63) is 23.3 Å². The van der Waals surface area contributed by atoms with Crippen molar-refractivity contribution in [1.82, 2.24) is 0 Å². The van der Waals surface area contributed by atoms with E-state index < -0.39 is 11.9 Å². The third kappa shape index (κ3) is 1.54. The number of hydrogen-bond donors (Lipinski definition) is 0. The van der Waals surface area contributed by atoms with Crippen LogP contribution in [-0.4, -0.2) is 11.9 Å². The van der Waals surface area contributed by atoms with E-state index in [1.165, 1.54) is 12.5 Å². The summed E-state index contributed by atoms with van der Waals surface area (Å²) in [5, 5.41) is 0. The van der Waals surface area contributed by atoms with Crippen LogP contribution in [0, 0.1) is 0 Å². The van der Waals surface area contributed by atoms with Crippen molar-refractivity contribution >= 4 is 11.9 Å². The predicted molar refractivity (Wildman–Crippen MR) is 45.7 cm³/mol. The molecule has 0 saturated heterocycles. The molecule has 1 heterocycles. The minimum atomic E-state index is -0.536. The molecule has 0 N–H and O–H groups in total. The van der Waals surface area contributed by atoms with Gasteiger partial charge in [-0.25, -0.2) is 9.59 Å². The molecule has 2 aliphatic rings. The highest BCUT2D eigenvalue weighted by molar-refractivity contribution is 6.11. The topological polar surface area (TPSA) is 43.4 Å². The van der Waals surface area contributed by atoms with Crippen molar-refractivity contribution in [3.8, 4) is 0 Å². The van der Waals surface area contributed by atoms with Crippen LogP contribution < -0.4 is 0 Å². The third-order valence-electron chi connectivity index (χ3n) is 2.31. The highest BCUT2D eigenvalue weighted by Gasteiger charge is 2.26. The molecule has 0 amide bonds. The van der Waals surface area contributed by atoms with Gasteiger partial charge in [0.05, 0.1) is 5.57 Å². The van der Waals surface area contributed by atoms with Crippen LogP contribution in [0.4, 0.5) is 0 Å². The Labute approximate surface area is 76.1 Å². The van der Waals surface area contributed by atoms with Crippen molar-refractivity contribution < 1.29 is 14.3 Å². The van der Waals surface area contributed by atoms with Gasteiger partial charge < -0.3 is 4.74 Å². The number of esters is 2. The molecule has 68 valence electrons. The molecule has 2 rings (SSSR count). The molecule has 0 radical (unpaired) electrons. The smallest absolute Gasteiger partial charge is 0.346 e. The summed E-state index contributed by atoms with van der Waals surface area (Å²) in [6.45, 7) is 0. The maximum atomic E-state index is 11.1. The summed E-state index contributed by atoms with van der Waals surface area (Å²) < 4.78 is 4.42. The zero-order valence-corrected chi connectivity index (χ0v) is 7.21. The number of carbonyl (C=O) groups is 2. The molecule has 1 aliphatic carbocycles. The summed E-state index contributed by atoms with van der Waals surface area (Å²) in [6.07, 6.45) is 7.45. The first-order chi connectivity index (χ1) is 6.27. The summed E-state index contributed by atoms with van der Waals surface area (Å²) in [5.74, 6) is -1.02. The molecule has 3 nitrogen and oxygen atoms in total. The summed E-state index contributed by atoms with van der Waals surface area (Å²) in [6, 6.07) is 0. The van der Waals surface area contributed by atoms with Gasteiger partial charge in [0.25, 0.3) is 0 Å². The Balaban J connectivity index is 2.25. The normalized spacial score (nSPS) is 22.5. The van der Waals surface area contributed by atoms with Gasteiger partial charge >= 0.3 is 11.9 Å². The first-order valence-corrected chi connectivity index (χ1v) is 4.44. The first kappa shape index (κ1) is 8.23. The lowest BCUT2D eigenvalue weighted by atomic mass is 9.94. The second-order valence-electron chi connectivity index (χ2n) is 3.24. The molecule has 0 aromatic heterocycles. The Hall–Kier alpha value is -1.38. The number of hydrogen-bond acceptors (Lipinski definition) is 3. The van der Waals surface area contributed by atoms with Crippen LogP contribution in [0.3, 0.4) is 0 Å². The lowest BCUT2D eigenvalue weighted by Crippen LogP contribution is -2.05. The predicted octanol–water partition coefficient (Wildman–Crippen LogP) is 1.50. The molecular formula is C10H10O3. The first-order valence-electron chi connectivity index (χ1n) is 4.44. The Kier molecular flexibility index (Phi) is 2.00. The minimum Gasteiger partial charge on any atom is -0.386 e. The molecule has 0 unspecified atom stereocenters. The number of rotatable bonds is 1. The van der Waals surface area contributed by atoms with E-state index in [0.29, 0.717) is 5.57 Å². The maximum absolute atomic E-state index is 11.1. The van der Waals surface area contributed by atoms with Gasteiger partial charge in [0.2, 0.25) is 0 Å². The van der Waals surface area contributed by atoms with Gasteiger partial charge in [-0.05, 0) is 31.3 Å². The van der Waals surface area contributed by atoms with Crippen molar-refractivity contribution in [2.45, 2.75) is 25.7 Å². The number of cyclic esters (lactones) is 2. The highest BCUT2D eigenvalue weighted by atomic mass is 16.6. The molecule has 13 heavy (non-hydrogen) atoms. The Bertz CT molecular complexity index is 323. The minimum absolute atomic E-state index is 0.463. The van der Waals surface area contributed by atoms with Gasteiger partial charge in [-0.3, -0.25) is 0 Å². The molecule has 0 aromatic rings. The largest absolute Gasteiger partial charge is 0.386 e. The molecule has 0 saturated carbocycles. The van der Waals surface area contributed by atoms with E-state index in [0.717, 1.165) is 24.8 Å². The standard InChI is InChI=1S/C10H10O3/c11-9-6-8(10(12)13-9)7-4-2-1-3-5-7/h4,6H,1-3,5H2. The molecule has 1 aliphatic heterocycles. The van der Waals surface area contributed by atoms with E-state index in [9.17, 15) is 9.59 Å². The van der Waals surface area contributed by atoms with Crippen molar-refractivity contribution in [2.75, 3.05) is 0 Å². The van der Waals surface area contributed by atoms with Crippen molar-refractivity contribution in [1.29, 1.82) is 0 Å². The number of ether oxygens (including phenoxy) is 1. The monoisotopic (exact) mass is 178 g/mol. The molecule has 3 heteroatoms. The van der Waals surface area contributed by atoms with Gasteiger partial charge in [-0.15, -0.1) is 0 Å². The van der Waals surface area contributed by atoms with Crippen LogP contribution in [0.2, 0.25) is 0 Å². The van der Waals surface area contributed by atoms with Crippen LogP contribution >= 0.6 is 0 Å². The highest BCUT2D eigenvalue weighted by Crippen LogP contribution is 2.26. The van der Waals surface area contributed by atoms with Gasteiger partial charge in [0.1, 0.15) is 0 Å². The van der Waals surface area contributed by atoms with Crippen LogP contribution in [0.25, 0.3) is 0 Å². The van der Waals surface area contributed by atoms with Crippen molar-refractivity contribution in [2.24, 2.45) is 0 Å². The quantitative estimate of drug-likeness (QED) is 0.451. The van der Waals surface area contributed by atoms with E-state index in [2.05, 4.69) is 4.74 Å². The van der Waals surface area contributed by atoms with Crippen molar-refractivity contribution in [3.63, 3.8) is 0 Å². The number of allylic oxidation sites excluding steroid dienone is 1. The summed E-state index contributed by atoms with van der Waals surface area (Å²) >= 11 is 0. The average Bonchev–Trinajstić information content (AvgIpc) is 2.47. The van der Waals surface area contributed by atoms with E-state index in [-0.39, 0.29) is 0 Å². The van der Waals surface area contributed by atoms with Gasteiger partial charge in [0.15, 0.2) is 0 Å². The van der Waals surface area contributed by atoms with E-state index in [1.807, 2.05) is 6.08 Å². The Morgan fingerprint density at radius 2 is 2.08 bits per heavy atom. The second-order valence-corrected chi connectivity index (χ2v) is 3.24. The molecular weight excluding hydrogens is 168 g/mol. The van der Waals surface area contributed by atoms with Gasteiger partial charge in [0, 0.05) is 6.08 Å².